The fourth-order valence-electron chi connectivity index (χ4n) is 1.15. The van der Waals surface area contributed by atoms with Gasteiger partial charge in [-0.2, -0.15) is 0 Å². The van der Waals surface area contributed by atoms with Crippen molar-refractivity contribution in [2.75, 3.05) is 5.75 Å². The summed E-state index contributed by atoms with van der Waals surface area (Å²) in [7, 11) is 0. The summed E-state index contributed by atoms with van der Waals surface area (Å²) in [6.45, 7) is 5.44. The smallest absolute Gasteiger partial charge is 0.129 e. The number of hydrogen-bond donors (Lipinski definition) is 3. The predicted octanol–water partition coefficient (Wildman–Crippen LogP) is 2.52. The number of benzene rings is 1. The van der Waals surface area contributed by atoms with Gasteiger partial charge in [-0.3, -0.25) is 0 Å². The van der Waals surface area contributed by atoms with E-state index in [-0.39, 0.29) is 11.5 Å². The van der Waals surface area contributed by atoms with Crippen molar-refractivity contribution in [3.8, 4) is 11.5 Å². The van der Waals surface area contributed by atoms with Crippen LogP contribution in [0.15, 0.2) is 35.2 Å². The second-order valence-electron chi connectivity index (χ2n) is 3.65. The summed E-state index contributed by atoms with van der Waals surface area (Å²) in [5, 5.41) is 28.2. The molecule has 88 valence electrons. The van der Waals surface area contributed by atoms with Crippen molar-refractivity contribution in [3.05, 3.63) is 30.4 Å². The highest BCUT2D eigenvalue weighted by atomic mass is 32.2. The second-order valence-corrected chi connectivity index (χ2v) is 4.79. The maximum atomic E-state index is 9.50. The Morgan fingerprint density at radius 1 is 1.44 bits per heavy atom. The molecule has 3 N–H and O–H groups in total. The molecule has 4 heteroatoms. The van der Waals surface area contributed by atoms with Crippen molar-refractivity contribution in [1.82, 2.24) is 0 Å². The lowest BCUT2D eigenvalue weighted by atomic mass is 10.1. The number of aliphatic hydroxyl groups excluding tert-OH is 1. The summed E-state index contributed by atoms with van der Waals surface area (Å²) >= 11 is 1.40. The van der Waals surface area contributed by atoms with E-state index in [1.54, 1.807) is 6.92 Å². The molecule has 0 aliphatic carbocycles. The molecule has 0 aliphatic rings. The largest absolute Gasteiger partial charge is 0.508 e. The third-order valence-electron chi connectivity index (χ3n) is 2.16. The predicted molar refractivity (Wildman–Crippen MR) is 65.9 cm³/mol. The van der Waals surface area contributed by atoms with E-state index in [2.05, 4.69) is 6.58 Å². The standard InChI is InChI=1S/C12H16O3S/c1-8(2)10(14)5-6-16-12-7-9(13)3-4-11(12)15/h3-4,7,10,13-15H,1,5-6H2,2H3. The molecule has 0 spiro atoms. The minimum Gasteiger partial charge on any atom is -0.508 e. The molecule has 1 aromatic rings. The van der Waals surface area contributed by atoms with Crippen molar-refractivity contribution in [3.63, 3.8) is 0 Å². The van der Waals surface area contributed by atoms with Crippen LogP contribution in [0, 0.1) is 0 Å². The molecule has 1 rings (SSSR count). The third-order valence-corrected chi connectivity index (χ3v) is 3.24. The van der Waals surface area contributed by atoms with E-state index in [4.69, 9.17) is 0 Å². The Bertz CT molecular complexity index is 377. The van der Waals surface area contributed by atoms with Crippen LogP contribution in [-0.4, -0.2) is 27.2 Å². The van der Waals surface area contributed by atoms with Crippen LogP contribution in [0.2, 0.25) is 0 Å². The Labute approximate surface area is 99.4 Å². The minimum atomic E-state index is -0.507. The Balaban J connectivity index is 2.48. The van der Waals surface area contributed by atoms with Crippen LogP contribution in [-0.2, 0) is 0 Å². The van der Waals surface area contributed by atoms with Gasteiger partial charge in [0.1, 0.15) is 11.5 Å². The first-order chi connectivity index (χ1) is 7.50. The number of hydrogen-bond acceptors (Lipinski definition) is 4. The lowest BCUT2D eigenvalue weighted by molar-refractivity contribution is 0.208. The van der Waals surface area contributed by atoms with Crippen LogP contribution in [0.25, 0.3) is 0 Å². The Hall–Kier alpha value is -1.13. The van der Waals surface area contributed by atoms with Gasteiger partial charge >= 0.3 is 0 Å². The summed E-state index contributed by atoms with van der Waals surface area (Å²) in [6, 6.07) is 4.39. The summed E-state index contributed by atoms with van der Waals surface area (Å²) in [4.78, 5) is 0.619. The normalized spacial score (nSPS) is 12.4. The number of phenols is 2. The first kappa shape index (κ1) is 12.9. The average Bonchev–Trinajstić information content (AvgIpc) is 2.22. The van der Waals surface area contributed by atoms with Gasteiger partial charge in [0, 0.05) is 5.75 Å². The van der Waals surface area contributed by atoms with Crippen LogP contribution in [0.1, 0.15) is 13.3 Å². The van der Waals surface area contributed by atoms with Crippen molar-refractivity contribution in [1.29, 1.82) is 0 Å². The molecule has 0 radical (unpaired) electrons. The maximum Gasteiger partial charge on any atom is 0.129 e. The topological polar surface area (TPSA) is 60.7 Å². The molecule has 0 fully saturated rings. The van der Waals surface area contributed by atoms with Crippen LogP contribution < -0.4 is 0 Å². The molecule has 1 aromatic carbocycles. The number of rotatable bonds is 5. The first-order valence-electron chi connectivity index (χ1n) is 4.99. The minimum absolute atomic E-state index is 0.126. The zero-order chi connectivity index (χ0) is 12.1. The van der Waals surface area contributed by atoms with Gasteiger partial charge in [-0.25, -0.2) is 0 Å². The second kappa shape index (κ2) is 5.82. The van der Waals surface area contributed by atoms with E-state index in [0.717, 1.165) is 5.57 Å². The molecule has 0 saturated heterocycles. The molecule has 1 atom stereocenters. The number of aliphatic hydroxyl groups is 1. The molecule has 0 aromatic heterocycles. The van der Waals surface area contributed by atoms with Gasteiger partial charge in [-0.05, 0) is 31.5 Å². The summed E-state index contributed by atoms with van der Waals surface area (Å²) in [5.41, 5.74) is 0.737. The highest BCUT2D eigenvalue weighted by molar-refractivity contribution is 7.99. The third kappa shape index (κ3) is 3.79. The van der Waals surface area contributed by atoms with Crippen molar-refractivity contribution in [2.24, 2.45) is 0 Å². The van der Waals surface area contributed by atoms with E-state index in [9.17, 15) is 15.3 Å². The van der Waals surface area contributed by atoms with E-state index in [0.29, 0.717) is 17.1 Å². The average molecular weight is 240 g/mol. The highest BCUT2D eigenvalue weighted by Gasteiger charge is 2.07. The Morgan fingerprint density at radius 2 is 2.12 bits per heavy atom. The van der Waals surface area contributed by atoms with Crippen molar-refractivity contribution >= 4 is 11.8 Å². The van der Waals surface area contributed by atoms with Crippen molar-refractivity contribution in [2.45, 2.75) is 24.3 Å². The van der Waals surface area contributed by atoms with E-state index in [1.165, 1.54) is 30.0 Å². The monoisotopic (exact) mass is 240 g/mol. The molecule has 0 saturated carbocycles. The van der Waals surface area contributed by atoms with Gasteiger partial charge in [-0.15, -0.1) is 11.8 Å². The lowest BCUT2D eigenvalue weighted by Gasteiger charge is -2.10. The van der Waals surface area contributed by atoms with Gasteiger partial charge in [0.05, 0.1) is 11.0 Å². The fourth-order valence-corrected chi connectivity index (χ4v) is 2.13. The molecule has 0 amide bonds. The van der Waals surface area contributed by atoms with Gasteiger partial charge < -0.3 is 15.3 Å². The zero-order valence-electron chi connectivity index (χ0n) is 9.18. The molecule has 3 nitrogen and oxygen atoms in total. The maximum absolute atomic E-state index is 9.50. The van der Waals surface area contributed by atoms with E-state index < -0.39 is 6.10 Å². The van der Waals surface area contributed by atoms with E-state index >= 15 is 0 Å². The molecular formula is C12H16O3S. The van der Waals surface area contributed by atoms with E-state index in [1.807, 2.05) is 0 Å². The number of aromatic hydroxyl groups is 2. The van der Waals surface area contributed by atoms with Gasteiger partial charge in [0.15, 0.2) is 0 Å². The Morgan fingerprint density at radius 3 is 2.75 bits per heavy atom. The first-order valence-corrected chi connectivity index (χ1v) is 5.97. The van der Waals surface area contributed by atoms with Gasteiger partial charge in [-0.1, -0.05) is 12.2 Å². The zero-order valence-corrected chi connectivity index (χ0v) is 10.00. The molecule has 0 bridgehead atoms. The fraction of sp³-hybridized carbons (Fsp3) is 0.333. The summed E-state index contributed by atoms with van der Waals surface area (Å²) < 4.78 is 0. The SMILES string of the molecule is C=C(C)C(O)CCSc1cc(O)ccc1O. The Kier molecular flexibility index (Phi) is 4.71. The number of phenolic OH excluding ortho intramolecular Hbond substituents is 2. The highest BCUT2D eigenvalue weighted by Crippen LogP contribution is 2.32. The molecule has 1 unspecified atom stereocenters. The van der Waals surface area contributed by atoms with Crippen LogP contribution in [0.5, 0.6) is 11.5 Å². The van der Waals surface area contributed by atoms with Crippen LogP contribution in [0.3, 0.4) is 0 Å². The molecule has 0 aliphatic heterocycles. The van der Waals surface area contributed by atoms with Crippen LogP contribution in [0.4, 0.5) is 0 Å². The quantitative estimate of drug-likeness (QED) is 0.420. The van der Waals surface area contributed by atoms with Gasteiger partial charge in [0.25, 0.3) is 0 Å². The van der Waals surface area contributed by atoms with Gasteiger partial charge in [0.2, 0.25) is 0 Å². The molecular weight excluding hydrogens is 224 g/mol. The molecule has 0 heterocycles. The molecule has 16 heavy (non-hydrogen) atoms. The van der Waals surface area contributed by atoms with Crippen molar-refractivity contribution < 1.29 is 15.3 Å². The van der Waals surface area contributed by atoms with Crippen LogP contribution >= 0.6 is 11.8 Å². The summed E-state index contributed by atoms with van der Waals surface area (Å²) in [6.07, 6.45) is 0.0710. The number of thioether (sulfide) groups is 1. The summed E-state index contributed by atoms with van der Waals surface area (Å²) in [5.74, 6) is 0.929. The lowest BCUT2D eigenvalue weighted by Crippen LogP contribution is -2.07.